The van der Waals surface area contributed by atoms with Crippen molar-refractivity contribution in [2.24, 2.45) is 7.05 Å². The van der Waals surface area contributed by atoms with Gasteiger partial charge in [0, 0.05) is 18.3 Å². The van der Waals surface area contributed by atoms with Crippen LogP contribution < -0.4 is 0 Å². The number of rotatable bonds is 7. The summed E-state index contributed by atoms with van der Waals surface area (Å²) in [6, 6.07) is 8.05. The van der Waals surface area contributed by atoms with Crippen LogP contribution in [0.25, 0.3) is 11.4 Å². The number of thioether (sulfide) groups is 1. The fourth-order valence-corrected chi connectivity index (χ4v) is 3.92. The summed E-state index contributed by atoms with van der Waals surface area (Å²) in [6.45, 7) is 7.59. The van der Waals surface area contributed by atoms with Gasteiger partial charge in [-0.3, -0.25) is 4.79 Å². The molecule has 2 heterocycles. The van der Waals surface area contributed by atoms with Crippen LogP contribution in [0.2, 0.25) is 0 Å². The Bertz CT molecular complexity index is 1050. The molecular weight excluding hydrogens is 388 g/mol. The second-order valence-corrected chi connectivity index (χ2v) is 7.73. The van der Waals surface area contributed by atoms with Gasteiger partial charge >= 0.3 is 5.97 Å². The van der Waals surface area contributed by atoms with Crippen LogP contribution in [0.15, 0.2) is 29.4 Å². The largest absolute Gasteiger partial charge is 0.462 e. The molecule has 0 radical (unpaired) electrons. The average Bonchev–Trinajstić information content (AvgIpc) is 3.20. The Hall–Kier alpha value is -2.87. The van der Waals surface area contributed by atoms with Crippen molar-refractivity contribution in [1.29, 1.82) is 0 Å². The third-order valence-corrected chi connectivity index (χ3v) is 5.69. The molecule has 0 atom stereocenters. The van der Waals surface area contributed by atoms with Crippen LogP contribution in [-0.2, 0) is 11.8 Å². The Morgan fingerprint density at radius 1 is 1.14 bits per heavy atom. The van der Waals surface area contributed by atoms with Gasteiger partial charge in [0.25, 0.3) is 0 Å². The maximum absolute atomic E-state index is 12.7. The van der Waals surface area contributed by atoms with Crippen LogP contribution in [0, 0.1) is 20.8 Å². The van der Waals surface area contributed by atoms with E-state index in [9.17, 15) is 9.59 Å². The molecule has 0 spiro atoms. The highest BCUT2D eigenvalue weighted by Gasteiger charge is 2.23. The Balaban J connectivity index is 1.74. The van der Waals surface area contributed by atoms with Crippen molar-refractivity contribution in [3.8, 4) is 11.4 Å². The molecule has 0 bridgehead atoms. The van der Waals surface area contributed by atoms with Gasteiger partial charge < -0.3 is 14.3 Å². The molecule has 0 saturated heterocycles. The molecule has 0 fully saturated rings. The predicted octanol–water partition coefficient (Wildman–Crippen LogP) is 3.89. The fourth-order valence-electron chi connectivity index (χ4n) is 3.14. The number of hydrogen-bond donors (Lipinski definition) is 1. The van der Waals surface area contributed by atoms with Crippen molar-refractivity contribution in [3.63, 3.8) is 0 Å². The number of benzene rings is 1. The minimum Gasteiger partial charge on any atom is -0.462 e. The van der Waals surface area contributed by atoms with Crippen molar-refractivity contribution in [2.75, 3.05) is 12.4 Å². The van der Waals surface area contributed by atoms with E-state index in [0.717, 1.165) is 11.4 Å². The first-order valence-corrected chi connectivity index (χ1v) is 10.3. The molecule has 1 N–H and O–H groups in total. The first-order chi connectivity index (χ1) is 13.8. The lowest BCUT2D eigenvalue weighted by molar-refractivity contribution is 0.0525. The number of aromatic nitrogens is 4. The highest BCUT2D eigenvalue weighted by atomic mass is 32.2. The van der Waals surface area contributed by atoms with E-state index in [1.165, 1.54) is 17.3 Å². The number of esters is 1. The van der Waals surface area contributed by atoms with Gasteiger partial charge in [-0.2, -0.15) is 0 Å². The molecule has 152 valence electrons. The van der Waals surface area contributed by atoms with E-state index in [1.54, 1.807) is 20.8 Å². The molecule has 7 nitrogen and oxygen atoms in total. The Kier molecular flexibility index (Phi) is 6.22. The topological polar surface area (TPSA) is 89.9 Å². The normalized spacial score (nSPS) is 10.9. The molecule has 0 aliphatic carbocycles. The Labute approximate surface area is 173 Å². The summed E-state index contributed by atoms with van der Waals surface area (Å²) in [5.74, 6) is 0.409. The number of nitrogens with one attached hydrogen (secondary N) is 1. The van der Waals surface area contributed by atoms with Crippen LogP contribution in [0.1, 0.15) is 44.6 Å². The average molecular weight is 413 g/mol. The lowest BCUT2D eigenvalue weighted by atomic mass is 10.1. The first-order valence-electron chi connectivity index (χ1n) is 9.32. The molecule has 3 aromatic rings. The molecule has 3 rings (SSSR count). The molecule has 0 aliphatic heterocycles. The predicted molar refractivity (Wildman–Crippen MR) is 112 cm³/mol. The molecule has 2 aromatic heterocycles. The van der Waals surface area contributed by atoms with Gasteiger partial charge in [0.2, 0.25) is 0 Å². The van der Waals surface area contributed by atoms with E-state index in [-0.39, 0.29) is 18.1 Å². The molecule has 29 heavy (non-hydrogen) atoms. The lowest BCUT2D eigenvalue weighted by Gasteiger charge is -2.05. The standard InChI is InChI=1S/C21H24N4O3S/c1-6-28-20(27)17-13(3)18(22-14(17)4)16(26)11-29-21-24-23-19(25(21)5)15-9-7-12(2)8-10-15/h7-10,22H,6,11H2,1-5H3. The van der Waals surface area contributed by atoms with Crippen molar-refractivity contribution in [3.05, 3.63) is 52.3 Å². The third-order valence-electron chi connectivity index (χ3n) is 4.67. The minimum absolute atomic E-state index is 0.106. The number of hydrogen-bond acceptors (Lipinski definition) is 6. The van der Waals surface area contributed by atoms with Gasteiger partial charge in [-0.15, -0.1) is 10.2 Å². The zero-order chi connectivity index (χ0) is 21.1. The maximum atomic E-state index is 12.7. The number of Topliss-reactive ketones (excluding diaryl/α,β-unsaturated/α-hetero) is 1. The van der Waals surface area contributed by atoms with E-state index in [4.69, 9.17) is 4.74 Å². The Morgan fingerprint density at radius 2 is 1.83 bits per heavy atom. The molecule has 8 heteroatoms. The number of nitrogens with zero attached hydrogens (tertiary/aromatic N) is 3. The zero-order valence-electron chi connectivity index (χ0n) is 17.2. The van der Waals surface area contributed by atoms with E-state index >= 15 is 0 Å². The lowest BCUT2D eigenvalue weighted by Crippen LogP contribution is -2.08. The number of carbonyl (C=O) groups is 2. The molecule has 0 amide bonds. The minimum atomic E-state index is -0.415. The molecule has 1 aromatic carbocycles. The highest BCUT2D eigenvalue weighted by Crippen LogP contribution is 2.25. The van der Waals surface area contributed by atoms with Crippen LogP contribution in [-0.4, -0.2) is 43.9 Å². The number of aryl methyl sites for hydroxylation is 2. The summed E-state index contributed by atoms with van der Waals surface area (Å²) < 4.78 is 6.96. The third kappa shape index (κ3) is 4.27. The van der Waals surface area contributed by atoms with Gasteiger partial charge in [-0.1, -0.05) is 41.6 Å². The number of aromatic amines is 1. The molecule has 0 saturated carbocycles. The summed E-state index contributed by atoms with van der Waals surface area (Å²) in [4.78, 5) is 27.9. The summed E-state index contributed by atoms with van der Waals surface area (Å²) in [5.41, 5.74) is 4.26. The van der Waals surface area contributed by atoms with E-state index < -0.39 is 5.97 Å². The fraction of sp³-hybridized carbons (Fsp3) is 0.333. The van der Waals surface area contributed by atoms with E-state index in [2.05, 4.69) is 15.2 Å². The number of ether oxygens (including phenoxy) is 1. The second kappa shape index (κ2) is 8.65. The van der Waals surface area contributed by atoms with E-state index in [0.29, 0.717) is 27.7 Å². The smallest absolute Gasteiger partial charge is 0.340 e. The van der Waals surface area contributed by atoms with Crippen molar-refractivity contribution in [1.82, 2.24) is 19.7 Å². The van der Waals surface area contributed by atoms with E-state index in [1.807, 2.05) is 42.8 Å². The molecule has 0 unspecified atom stereocenters. The summed E-state index contributed by atoms with van der Waals surface area (Å²) in [7, 11) is 1.88. The van der Waals surface area contributed by atoms with Gasteiger partial charge in [0.05, 0.1) is 23.6 Å². The van der Waals surface area contributed by atoms with Gasteiger partial charge in [-0.25, -0.2) is 4.79 Å². The summed E-state index contributed by atoms with van der Waals surface area (Å²) in [6.07, 6.45) is 0. The van der Waals surface area contributed by atoms with Gasteiger partial charge in [0.1, 0.15) is 0 Å². The Morgan fingerprint density at radius 3 is 2.48 bits per heavy atom. The van der Waals surface area contributed by atoms with Crippen molar-refractivity contribution >= 4 is 23.5 Å². The zero-order valence-corrected chi connectivity index (χ0v) is 18.0. The van der Waals surface area contributed by atoms with Gasteiger partial charge in [-0.05, 0) is 33.3 Å². The van der Waals surface area contributed by atoms with Crippen LogP contribution in [0.3, 0.4) is 0 Å². The summed E-state index contributed by atoms with van der Waals surface area (Å²) in [5, 5.41) is 9.13. The molecular formula is C21H24N4O3S. The quantitative estimate of drug-likeness (QED) is 0.360. The highest BCUT2D eigenvalue weighted by molar-refractivity contribution is 7.99. The molecule has 0 aliphatic rings. The van der Waals surface area contributed by atoms with Crippen LogP contribution >= 0.6 is 11.8 Å². The van der Waals surface area contributed by atoms with Gasteiger partial charge in [0.15, 0.2) is 16.8 Å². The first kappa shape index (κ1) is 20.9. The number of carbonyl (C=O) groups excluding carboxylic acids is 2. The number of ketones is 1. The van der Waals surface area contributed by atoms with Crippen molar-refractivity contribution < 1.29 is 14.3 Å². The monoisotopic (exact) mass is 412 g/mol. The SMILES string of the molecule is CCOC(=O)c1c(C)[nH]c(C(=O)CSc2nnc(-c3ccc(C)cc3)n2C)c1C. The van der Waals surface area contributed by atoms with Crippen LogP contribution in [0.4, 0.5) is 0 Å². The number of H-pyrrole nitrogens is 1. The maximum Gasteiger partial charge on any atom is 0.340 e. The second-order valence-electron chi connectivity index (χ2n) is 6.79. The summed E-state index contributed by atoms with van der Waals surface area (Å²) >= 11 is 1.31. The van der Waals surface area contributed by atoms with Crippen molar-refractivity contribution in [2.45, 2.75) is 32.9 Å². The van der Waals surface area contributed by atoms with Crippen LogP contribution in [0.5, 0.6) is 0 Å².